The number of nitrogens with one attached hydrogen (secondary N) is 1. The number of urea groups is 1. The number of para-hydroxylation sites is 2. The van der Waals surface area contributed by atoms with Crippen LogP contribution in [0.3, 0.4) is 0 Å². The Hall–Kier alpha value is -1.40. The molecule has 1 saturated heterocycles. The summed E-state index contributed by atoms with van der Waals surface area (Å²) < 4.78 is 5.78. The molecule has 0 radical (unpaired) electrons. The van der Waals surface area contributed by atoms with Crippen molar-refractivity contribution in [2.75, 3.05) is 49.1 Å². The molecule has 2 aliphatic rings. The third-order valence-corrected chi connectivity index (χ3v) is 4.92. The number of anilines is 1. The van der Waals surface area contributed by atoms with Crippen LogP contribution in [0.5, 0.6) is 5.75 Å². The molecule has 0 bridgehead atoms. The van der Waals surface area contributed by atoms with Crippen molar-refractivity contribution in [1.82, 2.24) is 10.2 Å². The van der Waals surface area contributed by atoms with Gasteiger partial charge in [-0.25, -0.2) is 4.79 Å². The van der Waals surface area contributed by atoms with Gasteiger partial charge in [0, 0.05) is 37.7 Å². The molecule has 2 heterocycles. The fourth-order valence-electron chi connectivity index (χ4n) is 2.82. The molecule has 3 rings (SSSR count). The summed E-state index contributed by atoms with van der Waals surface area (Å²) in [4.78, 5) is 16.7. The van der Waals surface area contributed by atoms with Crippen molar-refractivity contribution >= 4 is 23.5 Å². The summed E-state index contributed by atoms with van der Waals surface area (Å²) in [5.41, 5.74) is 0.854. The normalized spacial score (nSPS) is 21.9. The number of carbonyl (C=O) groups is 1. The van der Waals surface area contributed by atoms with E-state index in [1.807, 2.05) is 43.0 Å². The van der Waals surface area contributed by atoms with Gasteiger partial charge in [-0.3, -0.25) is 9.80 Å². The maximum atomic E-state index is 12.5. The van der Waals surface area contributed by atoms with Gasteiger partial charge < -0.3 is 10.1 Å². The largest absolute Gasteiger partial charge is 0.487 e. The molecule has 2 aliphatic heterocycles. The van der Waals surface area contributed by atoms with E-state index < -0.39 is 0 Å². The molecule has 0 spiro atoms. The van der Waals surface area contributed by atoms with Crippen molar-refractivity contribution in [3.8, 4) is 5.75 Å². The molecular formula is C16H23N3O2S. The Bertz CT molecular complexity index is 520. The Morgan fingerprint density at radius 1 is 1.36 bits per heavy atom. The molecule has 1 N–H and O–H groups in total. The zero-order chi connectivity index (χ0) is 15.4. The van der Waals surface area contributed by atoms with Gasteiger partial charge >= 0.3 is 6.03 Å². The fraction of sp³-hybridized carbons (Fsp3) is 0.562. The minimum Gasteiger partial charge on any atom is -0.487 e. The summed E-state index contributed by atoms with van der Waals surface area (Å²) in [7, 11) is 0. The number of hydrogen-bond donors (Lipinski definition) is 1. The molecule has 22 heavy (non-hydrogen) atoms. The van der Waals surface area contributed by atoms with E-state index in [9.17, 15) is 4.79 Å². The van der Waals surface area contributed by atoms with Crippen molar-refractivity contribution in [1.29, 1.82) is 0 Å². The van der Waals surface area contributed by atoms with Gasteiger partial charge in [-0.05, 0) is 19.1 Å². The highest BCUT2D eigenvalue weighted by Gasteiger charge is 2.27. The second-order valence-electron chi connectivity index (χ2n) is 5.69. The summed E-state index contributed by atoms with van der Waals surface area (Å²) in [6.07, 6.45) is 0.0137. The predicted molar refractivity (Wildman–Crippen MR) is 91.0 cm³/mol. The Balaban J connectivity index is 1.55. The van der Waals surface area contributed by atoms with E-state index in [-0.39, 0.29) is 12.1 Å². The number of amides is 2. The standard InChI is InChI=1S/C16H23N3O2S/c1-13-12-19(14-4-2-3-5-15(14)21-13)16(20)17-6-7-18-8-10-22-11-9-18/h2-5,13H,6-12H2,1H3,(H,17,20)/t13-/m1/s1. The Labute approximate surface area is 136 Å². The lowest BCUT2D eigenvalue weighted by Crippen LogP contribution is -2.49. The summed E-state index contributed by atoms with van der Waals surface area (Å²) >= 11 is 2.00. The van der Waals surface area contributed by atoms with Gasteiger partial charge in [-0.2, -0.15) is 11.8 Å². The first kappa shape index (κ1) is 15.5. The fourth-order valence-corrected chi connectivity index (χ4v) is 3.80. The molecule has 0 unspecified atom stereocenters. The second kappa shape index (κ2) is 7.24. The highest BCUT2D eigenvalue weighted by Crippen LogP contribution is 2.32. The quantitative estimate of drug-likeness (QED) is 0.925. The SMILES string of the molecule is C[C@@H]1CN(C(=O)NCCN2CCSCC2)c2ccccc2O1. The number of benzene rings is 1. The molecule has 1 aromatic carbocycles. The number of rotatable bonds is 3. The monoisotopic (exact) mass is 321 g/mol. The number of thioether (sulfide) groups is 1. The van der Waals surface area contributed by atoms with Crippen molar-refractivity contribution in [3.63, 3.8) is 0 Å². The van der Waals surface area contributed by atoms with Gasteiger partial charge in [0.25, 0.3) is 0 Å². The van der Waals surface area contributed by atoms with Crippen LogP contribution in [0.25, 0.3) is 0 Å². The van der Waals surface area contributed by atoms with E-state index >= 15 is 0 Å². The summed E-state index contributed by atoms with van der Waals surface area (Å²) in [6.45, 7) is 6.44. The van der Waals surface area contributed by atoms with Crippen molar-refractivity contribution in [3.05, 3.63) is 24.3 Å². The molecule has 0 aliphatic carbocycles. The smallest absolute Gasteiger partial charge is 0.322 e. The van der Waals surface area contributed by atoms with Crippen molar-refractivity contribution in [2.45, 2.75) is 13.0 Å². The highest BCUT2D eigenvalue weighted by atomic mass is 32.2. The van der Waals surface area contributed by atoms with Gasteiger partial charge in [-0.15, -0.1) is 0 Å². The Kier molecular flexibility index (Phi) is 5.10. The van der Waals surface area contributed by atoms with E-state index in [0.717, 1.165) is 31.1 Å². The lowest BCUT2D eigenvalue weighted by atomic mass is 10.2. The maximum absolute atomic E-state index is 12.5. The first-order valence-electron chi connectivity index (χ1n) is 7.85. The summed E-state index contributed by atoms with van der Waals surface area (Å²) in [5, 5.41) is 3.04. The van der Waals surface area contributed by atoms with Crippen LogP contribution >= 0.6 is 11.8 Å². The van der Waals surface area contributed by atoms with Gasteiger partial charge in [0.2, 0.25) is 0 Å². The van der Waals surface area contributed by atoms with Crippen molar-refractivity contribution < 1.29 is 9.53 Å². The van der Waals surface area contributed by atoms with Crippen LogP contribution in [-0.4, -0.2) is 61.3 Å². The van der Waals surface area contributed by atoms with Crippen molar-refractivity contribution in [2.24, 2.45) is 0 Å². The topological polar surface area (TPSA) is 44.8 Å². The minimum atomic E-state index is -0.0333. The van der Waals surface area contributed by atoms with E-state index in [2.05, 4.69) is 10.2 Å². The van der Waals surface area contributed by atoms with Crippen LogP contribution < -0.4 is 15.0 Å². The van der Waals surface area contributed by atoms with E-state index in [1.54, 1.807) is 4.90 Å². The zero-order valence-corrected chi connectivity index (χ0v) is 13.8. The van der Waals surface area contributed by atoms with Crippen LogP contribution in [0.1, 0.15) is 6.92 Å². The van der Waals surface area contributed by atoms with E-state index in [4.69, 9.17) is 4.74 Å². The van der Waals surface area contributed by atoms with Crippen LogP contribution in [0, 0.1) is 0 Å². The van der Waals surface area contributed by atoms with Gasteiger partial charge in [0.05, 0.1) is 12.2 Å². The average Bonchev–Trinajstić information content (AvgIpc) is 2.55. The number of nitrogens with zero attached hydrogens (tertiary/aromatic N) is 2. The van der Waals surface area contributed by atoms with E-state index in [0.29, 0.717) is 13.1 Å². The molecule has 0 saturated carbocycles. The molecule has 1 aromatic rings. The van der Waals surface area contributed by atoms with Gasteiger partial charge in [0.1, 0.15) is 11.9 Å². The zero-order valence-electron chi connectivity index (χ0n) is 13.0. The third kappa shape index (κ3) is 3.67. The highest BCUT2D eigenvalue weighted by molar-refractivity contribution is 7.99. The van der Waals surface area contributed by atoms with E-state index in [1.165, 1.54) is 11.5 Å². The third-order valence-electron chi connectivity index (χ3n) is 3.98. The first-order valence-corrected chi connectivity index (χ1v) is 9.00. The average molecular weight is 321 g/mol. The van der Waals surface area contributed by atoms with Crippen LogP contribution in [0.15, 0.2) is 24.3 Å². The lowest BCUT2D eigenvalue weighted by Gasteiger charge is -2.33. The van der Waals surface area contributed by atoms with Crippen LogP contribution in [0.2, 0.25) is 0 Å². The second-order valence-corrected chi connectivity index (χ2v) is 6.92. The first-order chi connectivity index (χ1) is 10.7. The summed E-state index contributed by atoms with van der Waals surface area (Å²) in [5.74, 6) is 3.18. The maximum Gasteiger partial charge on any atom is 0.322 e. The minimum absolute atomic E-state index is 0.0137. The Morgan fingerprint density at radius 2 is 2.14 bits per heavy atom. The van der Waals surface area contributed by atoms with Crippen LogP contribution in [0.4, 0.5) is 10.5 Å². The molecule has 1 fully saturated rings. The summed E-state index contributed by atoms with van der Waals surface area (Å²) in [6, 6.07) is 7.68. The molecule has 2 amide bonds. The number of fused-ring (bicyclic) bond motifs is 1. The van der Waals surface area contributed by atoms with Crippen LogP contribution in [-0.2, 0) is 0 Å². The number of ether oxygens (including phenoxy) is 1. The molecular weight excluding hydrogens is 298 g/mol. The van der Waals surface area contributed by atoms with Gasteiger partial charge in [-0.1, -0.05) is 12.1 Å². The predicted octanol–water partition coefficient (Wildman–Crippen LogP) is 2.03. The molecule has 1 atom stereocenters. The number of hydrogen-bond acceptors (Lipinski definition) is 4. The molecule has 120 valence electrons. The molecule has 5 nitrogen and oxygen atoms in total. The lowest BCUT2D eigenvalue weighted by molar-refractivity contribution is 0.204. The molecule has 0 aromatic heterocycles. The Morgan fingerprint density at radius 3 is 2.95 bits per heavy atom. The molecule has 6 heteroatoms. The number of carbonyl (C=O) groups excluding carboxylic acids is 1. The van der Waals surface area contributed by atoms with Gasteiger partial charge in [0.15, 0.2) is 0 Å².